The Kier molecular flexibility index (Phi) is 7.17. The molecule has 1 heterocycles. The molecule has 144 valence electrons. The Bertz CT molecular complexity index is 833. The van der Waals surface area contributed by atoms with Crippen LogP contribution < -0.4 is 14.8 Å². The molecule has 11 heteroatoms. The first kappa shape index (κ1) is 20.2. The number of thioether (sulfide) groups is 1. The normalized spacial score (nSPS) is 10.2. The molecule has 0 aliphatic heterocycles. The highest BCUT2D eigenvalue weighted by atomic mass is 32.2. The summed E-state index contributed by atoms with van der Waals surface area (Å²) < 4.78 is 15.1. The summed E-state index contributed by atoms with van der Waals surface area (Å²) in [5.74, 6) is 0.439. The van der Waals surface area contributed by atoms with Gasteiger partial charge in [-0.2, -0.15) is 0 Å². The minimum absolute atomic E-state index is 0.0190. The summed E-state index contributed by atoms with van der Waals surface area (Å²) in [7, 11) is 0. The highest BCUT2D eigenvalue weighted by Gasteiger charge is 2.20. The SMILES string of the molecule is CCOC(=O)Oc1cnc(SC)nc1Nc1ccc(OCC)cc1[N+](=O)[O-]. The summed E-state index contributed by atoms with van der Waals surface area (Å²) in [5.41, 5.74) is -0.0599. The van der Waals surface area contributed by atoms with Gasteiger partial charge in [-0.15, -0.1) is 0 Å². The fraction of sp³-hybridized carbons (Fsp3) is 0.312. The molecule has 0 spiro atoms. The quantitative estimate of drug-likeness (QED) is 0.232. The number of carbonyl (C=O) groups is 1. The fourth-order valence-electron chi connectivity index (χ4n) is 2.01. The molecule has 0 unspecified atom stereocenters. The topological polar surface area (TPSA) is 126 Å². The third-order valence-corrected chi connectivity index (χ3v) is 3.66. The summed E-state index contributed by atoms with van der Waals surface area (Å²) in [6, 6.07) is 4.37. The Morgan fingerprint density at radius 1 is 1.33 bits per heavy atom. The molecule has 10 nitrogen and oxygen atoms in total. The largest absolute Gasteiger partial charge is 0.514 e. The van der Waals surface area contributed by atoms with E-state index < -0.39 is 11.1 Å². The lowest BCUT2D eigenvalue weighted by Gasteiger charge is -2.12. The zero-order valence-corrected chi connectivity index (χ0v) is 15.7. The molecule has 0 amide bonds. The van der Waals surface area contributed by atoms with Crippen LogP contribution in [0.3, 0.4) is 0 Å². The van der Waals surface area contributed by atoms with Crippen molar-refractivity contribution >= 4 is 35.1 Å². The van der Waals surface area contributed by atoms with E-state index in [1.165, 1.54) is 30.1 Å². The van der Waals surface area contributed by atoms with E-state index in [2.05, 4.69) is 15.3 Å². The molecule has 1 N–H and O–H groups in total. The van der Waals surface area contributed by atoms with Crippen molar-refractivity contribution in [2.24, 2.45) is 0 Å². The van der Waals surface area contributed by atoms with E-state index in [-0.39, 0.29) is 29.5 Å². The van der Waals surface area contributed by atoms with Crippen molar-refractivity contribution in [3.05, 3.63) is 34.5 Å². The van der Waals surface area contributed by atoms with Gasteiger partial charge >= 0.3 is 6.16 Å². The van der Waals surface area contributed by atoms with Gasteiger partial charge in [0.05, 0.1) is 30.4 Å². The first-order valence-corrected chi connectivity index (χ1v) is 9.14. The van der Waals surface area contributed by atoms with Crippen LogP contribution in [0.25, 0.3) is 0 Å². The van der Waals surface area contributed by atoms with Crippen LogP contribution in [0.4, 0.5) is 22.0 Å². The van der Waals surface area contributed by atoms with Crippen LogP contribution in [-0.2, 0) is 4.74 Å². The highest BCUT2D eigenvalue weighted by molar-refractivity contribution is 7.98. The van der Waals surface area contributed by atoms with Crippen molar-refractivity contribution in [3.8, 4) is 11.5 Å². The zero-order chi connectivity index (χ0) is 19.8. The second-order valence-corrected chi connectivity index (χ2v) is 5.62. The Hall–Kier alpha value is -3.08. The standard InChI is InChI=1S/C16H18N4O6S/c1-4-24-10-6-7-11(12(8-10)20(22)23)18-14-13(26-16(21)25-5-2)9-17-15(19-14)27-3/h6-9H,4-5H2,1-3H3,(H,17,18,19). The molecule has 0 bridgehead atoms. The fourth-order valence-corrected chi connectivity index (χ4v) is 2.35. The minimum atomic E-state index is -0.928. The van der Waals surface area contributed by atoms with Crippen LogP contribution in [0.15, 0.2) is 29.6 Å². The molecule has 0 aliphatic rings. The van der Waals surface area contributed by atoms with Gasteiger partial charge in [0.1, 0.15) is 11.4 Å². The van der Waals surface area contributed by atoms with Crippen LogP contribution in [0.1, 0.15) is 13.8 Å². The molecule has 2 rings (SSSR count). The molecule has 1 aromatic heterocycles. The number of benzene rings is 1. The first-order chi connectivity index (χ1) is 13.0. The predicted molar refractivity (Wildman–Crippen MR) is 99.0 cm³/mol. The summed E-state index contributed by atoms with van der Waals surface area (Å²) in [6.07, 6.45) is 2.13. The molecule has 0 radical (unpaired) electrons. The number of nitrogens with one attached hydrogen (secondary N) is 1. The summed E-state index contributed by atoms with van der Waals surface area (Å²) in [5, 5.41) is 14.6. The molecule has 0 saturated heterocycles. The van der Waals surface area contributed by atoms with Crippen molar-refractivity contribution in [3.63, 3.8) is 0 Å². The predicted octanol–water partition coefficient (Wildman–Crippen LogP) is 3.78. The van der Waals surface area contributed by atoms with Crippen LogP contribution in [0.2, 0.25) is 0 Å². The number of nitrogens with zero attached hydrogens (tertiary/aromatic N) is 3. The monoisotopic (exact) mass is 394 g/mol. The number of nitro groups is 1. The summed E-state index contributed by atoms with van der Waals surface area (Å²) in [4.78, 5) is 30.7. The van der Waals surface area contributed by atoms with E-state index in [4.69, 9.17) is 14.2 Å². The van der Waals surface area contributed by atoms with Gasteiger partial charge in [-0.05, 0) is 32.2 Å². The maximum absolute atomic E-state index is 11.6. The number of nitro benzene ring substituents is 1. The smallest absolute Gasteiger partial charge is 0.494 e. The van der Waals surface area contributed by atoms with Gasteiger partial charge in [-0.3, -0.25) is 10.1 Å². The number of rotatable bonds is 8. The van der Waals surface area contributed by atoms with Crippen LogP contribution >= 0.6 is 11.8 Å². The van der Waals surface area contributed by atoms with Gasteiger partial charge in [0.25, 0.3) is 5.69 Å². The van der Waals surface area contributed by atoms with Gasteiger partial charge in [-0.1, -0.05) is 11.8 Å². The number of carbonyl (C=O) groups excluding carboxylic acids is 1. The highest BCUT2D eigenvalue weighted by Crippen LogP contribution is 2.34. The van der Waals surface area contributed by atoms with Gasteiger partial charge < -0.3 is 19.5 Å². The lowest BCUT2D eigenvalue weighted by atomic mass is 10.2. The number of hydrogen-bond donors (Lipinski definition) is 1. The third-order valence-electron chi connectivity index (χ3n) is 3.10. The number of anilines is 2. The van der Waals surface area contributed by atoms with Crippen LogP contribution in [0.5, 0.6) is 11.5 Å². The van der Waals surface area contributed by atoms with Crippen molar-refractivity contribution in [2.75, 3.05) is 24.8 Å². The third kappa shape index (κ3) is 5.45. The summed E-state index contributed by atoms with van der Waals surface area (Å²) in [6.45, 7) is 3.93. The average molecular weight is 394 g/mol. The lowest BCUT2D eigenvalue weighted by molar-refractivity contribution is -0.384. The van der Waals surface area contributed by atoms with Crippen molar-refractivity contribution in [1.29, 1.82) is 0 Å². The molecule has 1 aromatic carbocycles. The maximum atomic E-state index is 11.6. The Labute approximate surface area is 159 Å². The molecular formula is C16H18N4O6S. The second-order valence-electron chi connectivity index (χ2n) is 4.85. The van der Waals surface area contributed by atoms with Crippen molar-refractivity contribution < 1.29 is 23.9 Å². The van der Waals surface area contributed by atoms with E-state index in [1.54, 1.807) is 26.2 Å². The number of ether oxygens (including phenoxy) is 3. The Balaban J connectivity index is 2.40. The second kappa shape index (κ2) is 9.57. The van der Waals surface area contributed by atoms with Gasteiger partial charge in [0.2, 0.25) is 0 Å². The number of aromatic nitrogens is 2. The Morgan fingerprint density at radius 3 is 2.74 bits per heavy atom. The molecule has 0 aliphatic carbocycles. The van der Waals surface area contributed by atoms with E-state index in [9.17, 15) is 14.9 Å². The molecule has 0 atom stereocenters. The van der Waals surface area contributed by atoms with E-state index in [0.717, 1.165) is 0 Å². The van der Waals surface area contributed by atoms with Gasteiger partial charge in [0, 0.05) is 0 Å². The molecular weight excluding hydrogens is 376 g/mol. The Morgan fingerprint density at radius 2 is 2.11 bits per heavy atom. The van der Waals surface area contributed by atoms with Gasteiger partial charge in [0.15, 0.2) is 16.7 Å². The van der Waals surface area contributed by atoms with E-state index >= 15 is 0 Å². The number of hydrogen-bond acceptors (Lipinski definition) is 10. The molecule has 0 saturated carbocycles. The van der Waals surface area contributed by atoms with Crippen LogP contribution in [0, 0.1) is 10.1 Å². The van der Waals surface area contributed by atoms with Crippen LogP contribution in [-0.4, -0.2) is 40.5 Å². The lowest BCUT2D eigenvalue weighted by Crippen LogP contribution is -2.12. The van der Waals surface area contributed by atoms with E-state index in [1.807, 2.05) is 0 Å². The van der Waals surface area contributed by atoms with Crippen molar-refractivity contribution in [1.82, 2.24) is 9.97 Å². The average Bonchev–Trinajstić information content (AvgIpc) is 2.64. The van der Waals surface area contributed by atoms with E-state index in [0.29, 0.717) is 17.5 Å². The minimum Gasteiger partial charge on any atom is -0.494 e. The molecule has 0 fully saturated rings. The van der Waals surface area contributed by atoms with Gasteiger partial charge in [-0.25, -0.2) is 14.8 Å². The summed E-state index contributed by atoms with van der Waals surface area (Å²) >= 11 is 1.26. The maximum Gasteiger partial charge on any atom is 0.514 e. The van der Waals surface area contributed by atoms with Crippen molar-refractivity contribution in [2.45, 2.75) is 19.0 Å². The molecule has 2 aromatic rings. The zero-order valence-electron chi connectivity index (χ0n) is 14.9. The first-order valence-electron chi connectivity index (χ1n) is 7.92. The molecule has 27 heavy (non-hydrogen) atoms.